The van der Waals surface area contributed by atoms with E-state index >= 15 is 0 Å². The van der Waals surface area contributed by atoms with Gasteiger partial charge >= 0.3 is 6.09 Å². The van der Waals surface area contributed by atoms with Gasteiger partial charge in [0.1, 0.15) is 11.6 Å². The van der Waals surface area contributed by atoms with Crippen LogP contribution in [0.2, 0.25) is 0 Å². The summed E-state index contributed by atoms with van der Waals surface area (Å²) in [6.07, 6.45) is 3.92. The third-order valence-corrected chi connectivity index (χ3v) is 4.54. The average Bonchev–Trinajstić information content (AvgIpc) is 3.06. The van der Waals surface area contributed by atoms with Crippen molar-refractivity contribution >= 4 is 34.4 Å². The number of rotatable bonds is 3. The molecule has 1 fully saturated rings. The van der Waals surface area contributed by atoms with E-state index in [4.69, 9.17) is 10.5 Å². The third-order valence-electron chi connectivity index (χ3n) is 4.54. The van der Waals surface area contributed by atoms with E-state index in [9.17, 15) is 9.59 Å². The fourth-order valence-electron chi connectivity index (χ4n) is 3.06. The Balaban J connectivity index is 1.61. The van der Waals surface area contributed by atoms with Crippen LogP contribution in [0.1, 0.15) is 12.0 Å². The molecule has 3 aromatic rings. The van der Waals surface area contributed by atoms with E-state index in [0.29, 0.717) is 29.9 Å². The Hall–Kier alpha value is -3.75. The summed E-state index contributed by atoms with van der Waals surface area (Å²) in [7, 11) is 0. The number of carbonyl (C=O) groups is 2. The fourth-order valence-corrected chi connectivity index (χ4v) is 3.06. The van der Waals surface area contributed by atoms with Crippen LogP contribution in [0.3, 0.4) is 0 Å². The first-order chi connectivity index (χ1) is 13.5. The molecule has 0 spiro atoms. The van der Waals surface area contributed by atoms with Crippen LogP contribution >= 0.6 is 0 Å². The highest BCUT2D eigenvalue weighted by atomic mass is 16.6. The summed E-state index contributed by atoms with van der Waals surface area (Å²) in [5.74, 6) is 0.326. The number of anilines is 2. The number of ether oxygens (including phenoxy) is 1. The first kappa shape index (κ1) is 17.7. The molecule has 0 aliphatic carbocycles. The van der Waals surface area contributed by atoms with Gasteiger partial charge in [-0.1, -0.05) is 0 Å². The number of amides is 2. The van der Waals surface area contributed by atoms with E-state index in [-0.39, 0.29) is 11.7 Å². The molecule has 4 heterocycles. The lowest BCUT2D eigenvalue weighted by Crippen LogP contribution is -2.29. The largest absolute Gasteiger partial charge is 0.436 e. The molecule has 1 atom stereocenters. The lowest BCUT2D eigenvalue weighted by molar-refractivity contribution is -0.126. The monoisotopic (exact) mass is 378 g/mol. The normalized spacial score (nSPS) is 16.0. The van der Waals surface area contributed by atoms with E-state index in [2.05, 4.69) is 25.6 Å². The fraction of sp³-hybridized carbons (Fsp3) is 0.211. The molecule has 0 saturated carbocycles. The topological polar surface area (TPSA) is 132 Å². The number of fused-ring (bicyclic) bond motifs is 1. The Morgan fingerprint density at radius 1 is 1.36 bits per heavy atom. The smallest absolute Gasteiger partial charge is 0.413 e. The molecule has 4 rings (SSSR count). The van der Waals surface area contributed by atoms with E-state index in [1.165, 1.54) is 6.20 Å². The highest BCUT2D eigenvalue weighted by Gasteiger charge is 2.27. The number of hydrogen-bond donors (Lipinski definition) is 3. The Morgan fingerprint density at radius 2 is 2.21 bits per heavy atom. The van der Waals surface area contributed by atoms with E-state index in [1.54, 1.807) is 18.5 Å². The lowest BCUT2D eigenvalue weighted by Gasteiger charge is -2.11. The number of nitrogens with zero attached hydrogens (tertiary/aromatic N) is 3. The lowest BCUT2D eigenvalue weighted by atomic mass is 10.1. The molecular weight excluding hydrogens is 360 g/mol. The molecule has 1 aliphatic heterocycles. The van der Waals surface area contributed by atoms with Crippen LogP contribution in [-0.2, 0) is 9.53 Å². The zero-order chi connectivity index (χ0) is 19.7. The van der Waals surface area contributed by atoms with Crippen molar-refractivity contribution in [3.63, 3.8) is 0 Å². The maximum Gasteiger partial charge on any atom is 0.413 e. The Labute approximate surface area is 160 Å². The van der Waals surface area contributed by atoms with Gasteiger partial charge in [-0.15, -0.1) is 0 Å². The number of nitrogens with two attached hydrogens (primary N) is 1. The molecule has 142 valence electrons. The van der Waals surface area contributed by atoms with Crippen molar-refractivity contribution in [1.29, 1.82) is 0 Å². The summed E-state index contributed by atoms with van der Waals surface area (Å²) < 4.78 is 5.12. The van der Waals surface area contributed by atoms with Gasteiger partial charge in [-0.25, -0.2) is 14.8 Å². The van der Waals surface area contributed by atoms with Crippen LogP contribution in [0.5, 0.6) is 0 Å². The molecule has 0 aromatic carbocycles. The summed E-state index contributed by atoms with van der Waals surface area (Å²) >= 11 is 0. The van der Waals surface area contributed by atoms with Crippen LogP contribution < -0.4 is 16.4 Å². The number of nitrogen functional groups attached to an aromatic ring is 1. The SMILES string of the molecule is Cc1ccncc1-c1cc2cc(NC(=O)O[C@@H]3CCNC3=O)ncc2c(N)n1. The zero-order valence-corrected chi connectivity index (χ0v) is 15.1. The second-order valence-corrected chi connectivity index (χ2v) is 6.47. The van der Waals surface area contributed by atoms with Crippen molar-refractivity contribution in [2.75, 3.05) is 17.6 Å². The molecule has 4 N–H and O–H groups in total. The summed E-state index contributed by atoms with van der Waals surface area (Å²) in [5.41, 5.74) is 8.66. The summed E-state index contributed by atoms with van der Waals surface area (Å²) in [5, 5.41) is 6.58. The highest BCUT2D eigenvalue weighted by molar-refractivity contribution is 5.96. The molecule has 1 saturated heterocycles. The zero-order valence-electron chi connectivity index (χ0n) is 15.1. The number of pyridine rings is 3. The van der Waals surface area contributed by atoms with Gasteiger partial charge in [0.25, 0.3) is 5.91 Å². The molecule has 0 unspecified atom stereocenters. The molecule has 9 nitrogen and oxygen atoms in total. The van der Waals surface area contributed by atoms with Gasteiger partial charge in [-0.2, -0.15) is 0 Å². The van der Waals surface area contributed by atoms with Crippen molar-refractivity contribution < 1.29 is 14.3 Å². The Bertz CT molecular complexity index is 1080. The highest BCUT2D eigenvalue weighted by Crippen LogP contribution is 2.28. The minimum atomic E-state index is -0.777. The average molecular weight is 378 g/mol. The van der Waals surface area contributed by atoms with Crippen molar-refractivity contribution in [3.05, 3.63) is 42.4 Å². The maximum atomic E-state index is 12.1. The third kappa shape index (κ3) is 3.41. The minimum absolute atomic E-state index is 0.287. The minimum Gasteiger partial charge on any atom is -0.436 e. The molecule has 0 bridgehead atoms. The van der Waals surface area contributed by atoms with Gasteiger partial charge in [-0.05, 0) is 36.1 Å². The number of carbonyl (C=O) groups excluding carboxylic acids is 2. The number of nitrogens with one attached hydrogen (secondary N) is 2. The summed E-state index contributed by atoms with van der Waals surface area (Å²) in [6.45, 7) is 2.46. The summed E-state index contributed by atoms with van der Waals surface area (Å²) in [4.78, 5) is 36.3. The van der Waals surface area contributed by atoms with E-state index < -0.39 is 12.2 Å². The second-order valence-electron chi connectivity index (χ2n) is 6.47. The van der Waals surface area contributed by atoms with Crippen LogP contribution in [0, 0.1) is 6.92 Å². The van der Waals surface area contributed by atoms with Gasteiger partial charge in [-0.3, -0.25) is 15.1 Å². The van der Waals surface area contributed by atoms with Gasteiger partial charge in [0.2, 0.25) is 0 Å². The van der Waals surface area contributed by atoms with Crippen LogP contribution in [-0.4, -0.2) is 39.6 Å². The predicted molar refractivity (Wildman–Crippen MR) is 103 cm³/mol. The number of aromatic nitrogens is 3. The van der Waals surface area contributed by atoms with Gasteiger partial charge in [0.15, 0.2) is 6.10 Å². The van der Waals surface area contributed by atoms with Crippen molar-refractivity contribution in [2.24, 2.45) is 0 Å². The maximum absolute atomic E-state index is 12.1. The van der Waals surface area contributed by atoms with Crippen LogP contribution in [0.15, 0.2) is 36.8 Å². The molecule has 0 radical (unpaired) electrons. The molecule has 28 heavy (non-hydrogen) atoms. The van der Waals surface area contributed by atoms with Crippen LogP contribution in [0.25, 0.3) is 22.0 Å². The molecule has 2 amide bonds. The van der Waals surface area contributed by atoms with Gasteiger partial charge < -0.3 is 15.8 Å². The molecule has 1 aliphatic rings. The van der Waals surface area contributed by atoms with E-state index in [1.807, 2.05) is 19.1 Å². The van der Waals surface area contributed by atoms with Gasteiger partial charge in [0.05, 0.1) is 5.69 Å². The molecular formula is C19H18N6O3. The quantitative estimate of drug-likeness (QED) is 0.635. The van der Waals surface area contributed by atoms with Crippen molar-refractivity contribution in [3.8, 4) is 11.3 Å². The Kier molecular flexibility index (Phi) is 4.48. The van der Waals surface area contributed by atoms with E-state index in [0.717, 1.165) is 16.5 Å². The molecule has 3 aromatic heterocycles. The van der Waals surface area contributed by atoms with Crippen molar-refractivity contribution in [2.45, 2.75) is 19.4 Å². The van der Waals surface area contributed by atoms with Crippen LogP contribution in [0.4, 0.5) is 16.4 Å². The first-order valence-electron chi connectivity index (χ1n) is 8.74. The first-order valence-corrected chi connectivity index (χ1v) is 8.74. The second kappa shape index (κ2) is 7.10. The predicted octanol–water partition coefficient (Wildman–Crippen LogP) is 2.02. The van der Waals surface area contributed by atoms with Gasteiger partial charge in [0, 0.05) is 42.5 Å². The number of hydrogen-bond acceptors (Lipinski definition) is 7. The Morgan fingerprint density at radius 3 is 2.96 bits per heavy atom. The standard InChI is InChI=1S/C19H18N6O3/c1-10-2-4-21-8-12(10)14-6-11-7-16(23-9-13(11)17(20)24-14)25-19(27)28-15-3-5-22-18(15)26/h2,4,6-9,15H,3,5H2,1H3,(H2,20,24)(H,22,26)(H,23,25,27)/t15-/m1/s1. The number of aryl methyl sites for hydroxylation is 1. The van der Waals surface area contributed by atoms with Crippen molar-refractivity contribution in [1.82, 2.24) is 20.3 Å². The summed E-state index contributed by atoms with van der Waals surface area (Å²) in [6, 6.07) is 5.43. The molecule has 9 heteroatoms.